The molecule has 0 saturated carbocycles. The zero-order valence-corrected chi connectivity index (χ0v) is 10.7. The van der Waals surface area contributed by atoms with Gasteiger partial charge in [-0.15, -0.1) is 0 Å². The number of ether oxygens (including phenoxy) is 3. The summed E-state index contributed by atoms with van der Waals surface area (Å²) in [6.45, 7) is 1.68. The molecule has 2 rings (SSSR count). The van der Waals surface area contributed by atoms with E-state index >= 15 is 0 Å². The highest BCUT2D eigenvalue weighted by Gasteiger charge is 2.18. The van der Waals surface area contributed by atoms with Crippen LogP contribution in [0.5, 0.6) is 17.2 Å². The van der Waals surface area contributed by atoms with Gasteiger partial charge in [-0.2, -0.15) is 0 Å². The SMILES string of the molecule is COc1ccc2oc(C)c(OC)c(=O)c2c1OC. The Bertz CT molecular complexity index is 642. The monoisotopic (exact) mass is 250 g/mol. The summed E-state index contributed by atoms with van der Waals surface area (Å²) in [7, 11) is 4.41. The quantitative estimate of drug-likeness (QED) is 0.835. The third-order valence-electron chi connectivity index (χ3n) is 2.73. The minimum atomic E-state index is -0.271. The minimum absolute atomic E-state index is 0.175. The van der Waals surface area contributed by atoms with E-state index in [4.69, 9.17) is 18.6 Å². The average Bonchev–Trinajstić information content (AvgIpc) is 2.37. The second-order valence-electron chi connectivity index (χ2n) is 3.69. The second kappa shape index (κ2) is 4.60. The molecule has 0 atom stereocenters. The van der Waals surface area contributed by atoms with Crippen LogP contribution in [-0.4, -0.2) is 21.3 Å². The molecule has 5 nitrogen and oxygen atoms in total. The van der Waals surface area contributed by atoms with Gasteiger partial charge in [-0.25, -0.2) is 0 Å². The molecule has 96 valence electrons. The van der Waals surface area contributed by atoms with Gasteiger partial charge in [0.25, 0.3) is 0 Å². The van der Waals surface area contributed by atoms with Crippen LogP contribution in [0.15, 0.2) is 21.3 Å². The van der Waals surface area contributed by atoms with Gasteiger partial charge < -0.3 is 18.6 Å². The lowest BCUT2D eigenvalue weighted by Gasteiger charge is -2.11. The van der Waals surface area contributed by atoms with Crippen molar-refractivity contribution in [3.8, 4) is 17.2 Å². The van der Waals surface area contributed by atoms with Gasteiger partial charge in [-0.3, -0.25) is 4.79 Å². The van der Waals surface area contributed by atoms with Gasteiger partial charge in [-0.05, 0) is 19.1 Å². The van der Waals surface area contributed by atoms with Gasteiger partial charge in [-0.1, -0.05) is 0 Å². The standard InChI is InChI=1S/C13H14O5/c1-7-12(16-3)11(14)10-8(18-7)5-6-9(15-2)13(10)17-4/h5-6H,1-4H3. The largest absolute Gasteiger partial charge is 0.493 e. The van der Waals surface area contributed by atoms with Crippen molar-refractivity contribution in [2.24, 2.45) is 0 Å². The van der Waals surface area contributed by atoms with E-state index in [0.717, 1.165) is 0 Å². The van der Waals surface area contributed by atoms with E-state index in [1.807, 2.05) is 0 Å². The summed E-state index contributed by atoms with van der Waals surface area (Å²) in [5, 5.41) is 0.319. The number of aryl methyl sites for hydroxylation is 1. The van der Waals surface area contributed by atoms with Gasteiger partial charge in [0.1, 0.15) is 16.7 Å². The van der Waals surface area contributed by atoms with Crippen molar-refractivity contribution in [2.75, 3.05) is 21.3 Å². The summed E-state index contributed by atoms with van der Waals surface area (Å²) in [5.74, 6) is 1.43. The molecule has 0 spiro atoms. The average molecular weight is 250 g/mol. The third-order valence-corrected chi connectivity index (χ3v) is 2.73. The maximum atomic E-state index is 12.3. The van der Waals surface area contributed by atoms with Crippen LogP contribution in [0.2, 0.25) is 0 Å². The first-order chi connectivity index (χ1) is 8.63. The lowest BCUT2D eigenvalue weighted by Crippen LogP contribution is -2.09. The summed E-state index contributed by atoms with van der Waals surface area (Å²) in [6.07, 6.45) is 0. The molecule has 0 fully saturated rings. The predicted molar refractivity (Wildman–Crippen MR) is 66.9 cm³/mol. The molecule has 1 heterocycles. The Labute approximate surface area is 104 Å². The summed E-state index contributed by atoms with van der Waals surface area (Å²) >= 11 is 0. The van der Waals surface area contributed by atoms with Crippen molar-refractivity contribution < 1.29 is 18.6 Å². The Kier molecular flexibility index (Phi) is 3.14. The highest BCUT2D eigenvalue weighted by atomic mass is 16.5. The van der Waals surface area contributed by atoms with Crippen LogP contribution >= 0.6 is 0 Å². The lowest BCUT2D eigenvalue weighted by atomic mass is 10.1. The van der Waals surface area contributed by atoms with E-state index < -0.39 is 0 Å². The first-order valence-electron chi connectivity index (χ1n) is 5.36. The van der Waals surface area contributed by atoms with Crippen molar-refractivity contribution in [2.45, 2.75) is 6.92 Å². The molecule has 0 amide bonds. The molecular formula is C13H14O5. The Morgan fingerprint density at radius 3 is 2.22 bits per heavy atom. The van der Waals surface area contributed by atoms with Crippen LogP contribution in [0.3, 0.4) is 0 Å². The molecular weight excluding hydrogens is 236 g/mol. The second-order valence-corrected chi connectivity index (χ2v) is 3.69. The fraction of sp³-hybridized carbons (Fsp3) is 0.308. The molecule has 1 aromatic carbocycles. The Morgan fingerprint density at radius 1 is 1.00 bits per heavy atom. The zero-order chi connectivity index (χ0) is 13.3. The van der Waals surface area contributed by atoms with Crippen molar-refractivity contribution in [3.05, 3.63) is 28.1 Å². The molecule has 0 aliphatic rings. The lowest BCUT2D eigenvalue weighted by molar-refractivity contribution is 0.355. The fourth-order valence-electron chi connectivity index (χ4n) is 1.93. The maximum Gasteiger partial charge on any atom is 0.238 e. The van der Waals surface area contributed by atoms with E-state index in [9.17, 15) is 4.79 Å². The minimum Gasteiger partial charge on any atom is -0.493 e. The molecule has 0 aliphatic heterocycles. The number of methoxy groups -OCH3 is 3. The zero-order valence-electron chi connectivity index (χ0n) is 10.7. The Morgan fingerprint density at radius 2 is 1.67 bits per heavy atom. The van der Waals surface area contributed by atoms with E-state index in [0.29, 0.717) is 28.2 Å². The number of rotatable bonds is 3. The first-order valence-corrected chi connectivity index (χ1v) is 5.36. The predicted octanol–water partition coefficient (Wildman–Crippen LogP) is 2.13. The van der Waals surface area contributed by atoms with Crippen LogP contribution in [0, 0.1) is 6.92 Å². The molecule has 1 aromatic heterocycles. The highest BCUT2D eigenvalue weighted by Crippen LogP contribution is 2.35. The Balaban J connectivity index is 2.95. The highest BCUT2D eigenvalue weighted by molar-refractivity contribution is 5.87. The summed E-state index contributed by atoms with van der Waals surface area (Å²) in [6, 6.07) is 3.36. The van der Waals surface area contributed by atoms with Crippen molar-refractivity contribution in [1.29, 1.82) is 0 Å². The van der Waals surface area contributed by atoms with E-state index in [1.54, 1.807) is 19.1 Å². The molecule has 5 heteroatoms. The van der Waals surface area contributed by atoms with Gasteiger partial charge in [0.15, 0.2) is 11.5 Å². The van der Waals surface area contributed by atoms with Crippen LogP contribution in [-0.2, 0) is 0 Å². The van der Waals surface area contributed by atoms with Crippen LogP contribution in [0.1, 0.15) is 5.76 Å². The molecule has 0 aliphatic carbocycles. The summed E-state index contributed by atoms with van der Waals surface area (Å²) in [4.78, 5) is 12.3. The van der Waals surface area contributed by atoms with Gasteiger partial charge in [0.2, 0.25) is 11.2 Å². The Hall–Kier alpha value is -2.17. The fourth-order valence-corrected chi connectivity index (χ4v) is 1.93. The number of benzene rings is 1. The summed E-state index contributed by atoms with van der Waals surface area (Å²) < 4.78 is 21.0. The molecule has 0 saturated heterocycles. The molecule has 0 unspecified atom stereocenters. The van der Waals surface area contributed by atoms with Gasteiger partial charge in [0, 0.05) is 0 Å². The van der Waals surface area contributed by atoms with E-state index in [-0.39, 0.29) is 11.2 Å². The first kappa shape index (κ1) is 12.3. The van der Waals surface area contributed by atoms with Crippen LogP contribution in [0.25, 0.3) is 11.0 Å². The smallest absolute Gasteiger partial charge is 0.238 e. The maximum absolute atomic E-state index is 12.3. The van der Waals surface area contributed by atoms with Gasteiger partial charge in [0.05, 0.1) is 21.3 Å². The van der Waals surface area contributed by atoms with Gasteiger partial charge >= 0.3 is 0 Å². The normalized spacial score (nSPS) is 10.4. The van der Waals surface area contributed by atoms with Crippen molar-refractivity contribution >= 4 is 11.0 Å². The molecule has 2 aromatic rings. The summed E-state index contributed by atoms with van der Waals surface area (Å²) in [5.41, 5.74) is 0.169. The van der Waals surface area contributed by atoms with Crippen molar-refractivity contribution in [3.63, 3.8) is 0 Å². The topological polar surface area (TPSA) is 57.9 Å². The van der Waals surface area contributed by atoms with E-state index in [1.165, 1.54) is 21.3 Å². The molecule has 0 N–H and O–H groups in total. The third kappa shape index (κ3) is 1.68. The van der Waals surface area contributed by atoms with Crippen LogP contribution < -0.4 is 19.6 Å². The molecule has 0 bridgehead atoms. The molecule has 18 heavy (non-hydrogen) atoms. The number of hydrogen-bond acceptors (Lipinski definition) is 5. The number of fused-ring (bicyclic) bond motifs is 1. The number of hydrogen-bond donors (Lipinski definition) is 0. The molecule has 0 radical (unpaired) electrons. The van der Waals surface area contributed by atoms with E-state index in [2.05, 4.69) is 0 Å². The van der Waals surface area contributed by atoms with Crippen LogP contribution in [0.4, 0.5) is 0 Å². The van der Waals surface area contributed by atoms with Crippen molar-refractivity contribution in [1.82, 2.24) is 0 Å².